The van der Waals surface area contributed by atoms with Crippen LogP contribution in [0.3, 0.4) is 0 Å². The van der Waals surface area contributed by atoms with Crippen molar-refractivity contribution >= 4 is 17.3 Å². The molecule has 1 aliphatic heterocycles. The predicted octanol–water partition coefficient (Wildman–Crippen LogP) is 2.75. The number of nitrogens with zero attached hydrogens (tertiary/aromatic N) is 1. The lowest BCUT2D eigenvalue weighted by molar-refractivity contribution is -0.146. The van der Waals surface area contributed by atoms with Crippen LogP contribution in [-0.2, 0) is 25.6 Å². The molecule has 2 heterocycles. The maximum atomic E-state index is 11.8. The number of ether oxygens (including phenoxy) is 4. The molecule has 0 unspecified atom stereocenters. The zero-order valence-electron chi connectivity index (χ0n) is 12.5. The van der Waals surface area contributed by atoms with Gasteiger partial charge in [0.25, 0.3) is 0 Å². The van der Waals surface area contributed by atoms with Crippen molar-refractivity contribution in [2.45, 2.75) is 6.61 Å². The van der Waals surface area contributed by atoms with Crippen molar-refractivity contribution in [3.63, 3.8) is 0 Å². The van der Waals surface area contributed by atoms with Gasteiger partial charge in [0.2, 0.25) is 5.76 Å². The Morgan fingerprint density at radius 3 is 3.09 bits per heavy atom. The third-order valence-electron chi connectivity index (χ3n) is 3.07. The van der Waals surface area contributed by atoms with E-state index < -0.39 is 5.97 Å². The summed E-state index contributed by atoms with van der Waals surface area (Å²) in [5.74, 6) is 0.298. The molecule has 7 heteroatoms. The van der Waals surface area contributed by atoms with Crippen molar-refractivity contribution in [1.29, 1.82) is 0 Å². The third-order valence-corrected chi connectivity index (χ3v) is 4.01. The van der Waals surface area contributed by atoms with Gasteiger partial charge in [-0.2, -0.15) is 0 Å². The second kappa shape index (κ2) is 7.15. The number of rotatable bonds is 5. The standard InChI is InChI=1S/C16H15NO5S/c1-19-13-4-2-3-11(7-13)15-17-12(10-23-15)8-22-16(18)14-9-20-5-6-21-14/h2-4,7,9-10H,5-6,8H2,1H3. The van der Waals surface area contributed by atoms with E-state index in [1.807, 2.05) is 29.6 Å². The zero-order chi connectivity index (χ0) is 16.1. The van der Waals surface area contributed by atoms with Gasteiger partial charge >= 0.3 is 5.97 Å². The van der Waals surface area contributed by atoms with E-state index in [0.717, 1.165) is 16.3 Å². The molecule has 0 saturated heterocycles. The van der Waals surface area contributed by atoms with Crippen LogP contribution >= 0.6 is 11.3 Å². The van der Waals surface area contributed by atoms with Gasteiger partial charge in [-0.1, -0.05) is 12.1 Å². The lowest BCUT2D eigenvalue weighted by Crippen LogP contribution is -2.17. The van der Waals surface area contributed by atoms with Crippen molar-refractivity contribution in [3.05, 3.63) is 47.4 Å². The summed E-state index contributed by atoms with van der Waals surface area (Å²) in [4.78, 5) is 16.3. The molecule has 0 spiro atoms. The van der Waals surface area contributed by atoms with Crippen LogP contribution in [0.25, 0.3) is 10.6 Å². The van der Waals surface area contributed by atoms with Crippen molar-refractivity contribution < 1.29 is 23.7 Å². The second-order valence-electron chi connectivity index (χ2n) is 4.65. The van der Waals surface area contributed by atoms with E-state index in [1.165, 1.54) is 17.6 Å². The molecule has 0 saturated carbocycles. The fraction of sp³-hybridized carbons (Fsp3) is 0.250. The molecule has 1 aromatic heterocycles. The first-order valence-electron chi connectivity index (χ1n) is 6.97. The van der Waals surface area contributed by atoms with E-state index in [1.54, 1.807) is 7.11 Å². The van der Waals surface area contributed by atoms with Crippen LogP contribution in [0.15, 0.2) is 41.7 Å². The summed E-state index contributed by atoms with van der Waals surface area (Å²) in [6.45, 7) is 0.865. The van der Waals surface area contributed by atoms with Gasteiger partial charge in [0.05, 0.1) is 12.8 Å². The number of carbonyl (C=O) groups is 1. The van der Waals surface area contributed by atoms with E-state index in [2.05, 4.69) is 4.98 Å². The van der Waals surface area contributed by atoms with Crippen LogP contribution in [-0.4, -0.2) is 31.3 Å². The van der Waals surface area contributed by atoms with E-state index in [-0.39, 0.29) is 12.4 Å². The van der Waals surface area contributed by atoms with Crippen molar-refractivity contribution in [1.82, 2.24) is 4.98 Å². The number of thiazole rings is 1. The van der Waals surface area contributed by atoms with Gasteiger partial charge in [0.1, 0.15) is 36.8 Å². The molecule has 0 amide bonds. The summed E-state index contributed by atoms with van der Waals surface area (Å²) in [7, 11) is 1.62. The van der Waals surface area contributed by atoms with Crippen LogP contribution in [0, 0.1) is 0 Å². The molecule has 1 aliphatic rings. The quantitative estimate of drug-likeness (QED) is 0.784. The molecule has 0 atom stereocenters. The van der Waals surface area contributed by atoms with Crippen LogP contribution in [0.1, 0.15) is 5.69 Å². The maximum absolute atomic E-state index is 11.8. The number of hydrogen-bond donors (Lipinski definition) is 0. The van der Waals surface area contributed by atoms with Crippen molar-refractivity contribution in [2.75, 3.05) is 20.3 Å². The Morgan fingerprint density at radius 1 is 1.39 bits per heavy atom. The fourth-order valence-electron chi connectivity index (χ4n) is 1.95. The molecule has 0 aliphatic carbocycles. The summed E-state index contributed by atoms with van der Waals surface area (Å²) in [6.07, 6.45) is 1.27. The number of esters is 1. The first-order valence-corrected chi connectivity index (χ1v) is 7.85. The van der Waals surface area contributed by atoms with E-state index in [9.17, 15) is 4.79 Å². The largest absolute Gasteiger partial charge is 0.497 e. The molecule has 3 rings (SSSR count). The SMILES string of the molecule is COc1cccc(-c2nc(COC(=O)C3=COCCO3)cs2)c1. The zero-order valence-corrected chi connectivity index (χ0v) is 13.3. The van der Waals surface area contributed by atoms with Gasteiger partial charge in [-0.05, 0) is 12.1 Å². The Hall–Kier alpha value is -2.54. The minimum Gasteiger partial charge on any atom is -0.497 e. The van der Waals surface area contributed by atoms with Crippen molar-refractivity contribution in [3.8, 4) is 16.3 Å². The molecule has 1 aromatic carbocycles. The van der Waals surface area contributed by atoms with E-state index in [4.69, 9.17) is 18.9 Å². The minimum atomic E-state index is -0.555. The van der Waals surface area contributed by atoms with Crippen LogP contribution in [0.5, 0.6) is 5.75 Å². The monoisotopic (exact) mass is 333 g/mol. The average molecular weight is 333 g/mol. The third kappa shape index (κ3) is 3.81. The molecule has 0 N–H and O–H groups in total. The fourth-order valence-corrected chi connectivity index (χ4v) is 2.75. The lowest BCUT2D eigenvalue weighted by atomic mass is 10.2. The van der Waals surface area contributed by atoms with Gasteiger partial charge in [-0.3, -0.25) is 0 Å². The highest BCUT2D eigenvalue weighted by Crippen LogP contribution is 2.27. The summed E-state index contributed by atoms with van der Waals surface area (Å²) in [5, 5.41) is 2.70. The number of benzene rings is 1. The van der Waals surface area contributed by atoms with E-state index in [0.29, 0.717) is 18.9 Å². The Bertz CT molecular complexity index is 725. The minimum absolute atomic E-state index is 0.0829. The van der Waals surface area contributed by atoms with Crippen LogP contribution < -0.4 is 4.74 Å². The molecule has 120 valence electrons. The topological polar surface area (TPSA) is 66.9 Å². The smallest absolute Gasteiger partial charge is 0.377 e. The Balaban J connectivity index is 1.63. The predicted molar refractivity (Wildman–Crippen MR) is 83.9 cm³/mol. The summed E-state index contributed by atoms with van der Waals surface area (Å²) >= 11 is 1.48. The molecule has 23 heavy (non-hydrogen) atoms. The highest BCUT2D eigenvalue weighted by molar-refractivity contribution is 7.13. The highest BCUT2D eigenvalue weighted by atomic mass is 32.1. The van der Waals surface area contributed by atoms with E-state index >= 15 is 0 Å². The molecule has 6 nitrogen and oxygen atoms in total. The molecule has 0 radical (unpaired) electrons. The number of hydrogen-bond acceptors (Lipinski definition) is 7. The van der Waals surface area contributed by atoms with Gasteiger partial charge < -0.3 is 18.9 Å². The Morgan fingerprint density at radius 2 is 2.30 bits per heavy atom. The lowest BCUT2D eigenvalue weighted by Gasteiger charge is -2.13. The van der Waals surface area contributed by atoms with Crippen LogP contribution in [0.2, 0.25) is 0 Å². The molecule has 2 aromatic rings. The molecular weight excluding hydrogens is 318 g/mol. The maximum Gasteiger partial charge on any atom is 0.377 e. The summed E-state index contributed by atoms with van der Waals surface area (Å²) < 4.78 is 20.6. The second-order valence-corrected chi connectivity index (χ2v) is 5.51. The first-order chi connectivity index (χ1) is 11.3. The summed E-state index contributed by atoms with van der Waals surface area (Å²) in [5.41, 5.74) is 1.64. The molecule has 0 fully saturated rings. The number of carbonyl (C=O) groups excluding carboxylic acids is 1. The molecular formula is C16H15NO5S. The number of aromatic nitrogens is 1. The first kappa shape index (κ1) is 15.4. The Kier molecular flexibility index (Phi) is 4.77. The highest BCUT2D eigenvalue weighted by Gasteiger charge is 2.17. The molecule has 0 bridgehead atoms. The summed E-state index contributed by atoms with van der Waals surface area (Å²) in [6, 6.07) is 7.64. The van der Waals surface area contributed by atoms with Crippen LogP contribution in [0.4, 0.5) is 0 Å². The van der Waals surface area contributed by atoms with Crippen molar-refractivity contribution in [2.24, 2.45) is 0 Å². The van der Waals surface area contributed by atoms with Gasteiger partial charge in [-0.15, -0.1) is 11.3 Å². The number of methoxy groups -OCH3 is 1. The normalized spacial score (nSPS) is 13.5. The van der Waals surface area contributed by atoms with Gasteiger partial charge in [0, 0.05) is 10.9 Å². The van der Waals surface area contributed by atoms with Gasteiger partial charge in [-0.25, -0.2) is 9.78 Å². The average Bonchev–Trinajstić information content (AvgIpc) is 3.09. The van der Waals surface area contributed by atoms with Gasteiger partial charge in [0.15, 0.2) is 0 Å². The Labute approximate surface area is 137 Å².